The first-order chi connectivity index (χ1) is 6.18. The first-order valence-corrected chi connectivity index (χ1v) is 4.85. The molecule has 2 N–H and O–H groups in total. The second-order valence-electron chi connectivity index (χ2n) is 2.83. The average molecular weight is 243 g/mol. The van der Waals surface area contributed by atoms with Crippen molar-refractivity contribution in [2.45, 2.75) is 19.3 Å². The van der Waals surface area contributed by atoms with Gasteiger partial charge in [-0.25, -0.2) is 0 Å². The molecule has 4 heteroatoms. The first kappa shape index (κ1) is 10.2. The molecule has 0 aromatic carbocycles. The lowest BCUT2D eigenvalue weighted by Crippen LogP contribution is -2.10. The van der Waals surface area contributed by atoms with Gasteiger partial charge in [0.15, 0.2) is 0 Å². The number of carbonyl (C=O) groups is 1. The molecule has 0 atom stereocenters. The number of aromatic nitrogens is 1. The van der Waals surface area contributed by atoms with E-state index in [2.05, 4.69) is 20.9 Å². The normalized spacial score (nSPS) is 9.92. The van der Waals surface area contributed by atoms with Crippen molar-refractivity contribution < 1.29 is 4.79 Å². The topological polar surface area (TPSA) is 56.0 Å². The zero-order valence-corrected chi connectivity index (χ0v) is 8.75. The minimum absolute atomic E-state index is 0.247. The molecule has 1 aromatic heterocycles. The van der Waals surface area contributed by atoms with Crippen LogP contribution in [0.2, 0.25) is 0 Å². The second-order valence-corrected chi connectivity index (χ2v) is 3.75. The van der Waals surface area contributed by atoms with Crippen molar-refractivity contribution in [1.29, 1.82) is 0 Å². The number of halogens is 1. The summed E-state index contributed by atoms with van der Waals surface area (Å²) in [6, 6.07) is 1.99. The summed E-state index contributed by atoms with van der Waals surface area (Å²) >= 11 is 3.33. The highest BCUT2D eigenvalue weighted by Gasteiger charge is 1.97. The Morgan fingerprint density at radius 2 is 2.31 bits per heavy atom. The van der Waals surface area contributed by atoms with E-state index in [1.807, 2.05) is 6.07 Å². The van der Waals surface area contributed by atoms with Gasteiger partial charge in [-0.15, -0.1) is 0 Å². The van der Waals surface area contributed by atoms with Crippen molar-refractivity contribution in [1.82, 2.24) is 4.98 Å². The van der Waals surface area contributed by atoms with Crippen molar-refractivity contribution in [3.8, 4) is 0 Å². The van der Waals surface area contributed by atoms with Gasteiger partial charge >= 0.3 is 0 Å². The molecule has 0 spiro atoms. The third-order valence-electron chi connectivity index (χ3n) is 1.65. The Hall–Kier alpha value is -0.900. The Morgan fingerprint density at radius 3 is 2.92 bits per heavy atom. The number of nitrogens with zero attached hydrogens (tertiary/aromatic N) is 1. The van der Waals surface area contributed by atoms with Crippen LogP contribution in [0.1, 0.15) is 18.4 Å². The van der Waals surface area contributed by atoms with Gasteiger partial charge in [-0.05, 0) is 40.4 Å². The molecule has 0 aliphatic heterocycles. The standard InChI is InChI=1S/C9H11BrN2O/c10-8-4-7(5-12-6-8)2-1-3-9(11)13/h4-6H,1-3H2,(H2,11,13). The summed E-state index contributed by atoms with van der Waals surface area (Å²) in [5.41, 5.74) is 6.14. The number of pyridine rings is 1. The molecule has 0 aliphatic carbocycles. The van der Waals surface area contributed by atoms with E-state index in [0.29, 0.717) is 6.42 Å². The van der Waals surface area contributed by atoms with Crippen LogP contribution in [0, 0.1) is 0 Å². The van der Waals surface area contributed by atoms with Gasteiger partial charge in [0.05, 0.1) is 0 Å². The lowest BCUT2D eigenvalue weighted by Gasteiger charge is -1.99. The molecule has 13 heavy (non-hydrogen) atoms. The van der Waals surface area contributed by atoms with Gasteiger partial charge in [-0.3, -0.25) is 9.78 Å². The highest BCUT2D eigenvalue weighted by molar-refractivity contribution is 9.10. The SMILES string of the molecule is NC(=O)CCCc1cncc(Br)c1. The van der Waals surface area contributed by atoms with E-state index in [4.69, 9.17) is 5.73 Å². The first-order valence-electron chi connectivity index (χ1n) is 4.06. The molecule has 0 aliphatic rings. The number of rotatable bonds is 4. The summed E-state index contributed by atoms with van der Waals surface area (Å²) in [5.74, 6) is -0.247. The highest BCUT2D eigenvalue weighted by atomic mass is 79.9. The monoisotopic (exact) mass is 242 g/mol. The molecule has 1 rings (SSSR count). The minimum Gasteiger partial charge on any atom is -0.370 e. The van der Waals surface area contributed by atoms with E-state index < -0.39 is 0 Å². The van der Waals surface area contributed by atoms with Crippen molar-refractivity contribution in [3.05, 3.63) is 28.5 Å². The van der Waals surface area contributed by atoms with Gasteiger partial charge in [-0.1, -0.05) is 0 Å². The number of aryl methyl sites for hydroxylation is 1. The average Bonchev–Trinajstić information content (AvgIpc) is 2.03. The molecule has 0 fully saturated rings. The number of primary amides is 1. The molecular weight excluding hydrogens is 232 g/mol. The van der Waals surface area contributed by atoms with Crippen molar-refractivity contribution in [2.75, 3.05) is 0 Å². The van der Waals surface area contributed by atoms with E-state index in [1.54, 1.807) is 12.4 Å². The number of nitrogens with two attached hydrogens (primary N) is 1. The van der Waals surface area contributed by atoms with Crippen LogP contribution in [0.25, 0.3) is 0 Å². The minimum atomic E-state index is -0.247. The van der Waals surface area contributed by atoms with Crippen LogP contribution in [0.15, 0.2) is 22.9 Å². The second kappa shape index (κ2) is 4.97. The molecule has 3 nitrogen and oxygen atoms in total. The van der Waals surface area contributed by atoms with Crippen LogP contribution in [0.4, 0.5) is 0 Å². The number of hydrogen-bond donors (Lipinski definition) is 1. The van der Waals surface area contributed by atoms with Gasteiger partial charge in [0.1, 0.15) is 0 Å². The Kier molecular flexibility index (Phi) is 3.89. The predicted octanol–water partition coefficient (Wildman–Crippen LogP) is 1.65. The van der Waals surface area contributed by atoms with Gasteiger partial charge in [0, 0.05) is 23.3 Å². The molecule has 0 saturated carbocycles. The van der Waals surface area contributed by atoms with Gasteiger partial charge in [0.25, 0.3) is 0 Å². The Bertz CT molecular complexity index is 301. The number of carbonyl (C=O) groups excluding carboxylic acids is 1. The maximum Gasteiger partial charge on any atom is 0.217 e. The fourth-order valence-corrected chi connectivity index (χ4v) is 1.47. The zero-order valence-electron chi connectivity index (χ0n) is 7.16. The van der Waals surface area contributed by atoms with Gasteiger partial charge in [0.2, 0.25) is 5.91 Å². The maximum absolute atomic E-state index is 10.5. The van der Waals surface area contributed by atoms with Crippen molar-refractivity contribution in [2.24, 2.45) is 5.73 Å². The van der Waals surface area contributed by atoms with Gasteiger partial charge in [-0.2, -0.15) is 0 Å². The van der Waals surface area contributed by atoms with Crippen molar-refractivity contribution >= 4 is 21.8 Å². The molecule has 0 saturated heterocycles. The number of hydrogen-bond acceptors (Lipinski definition) is 2. The molecule has 0 radical (unpaired) electrons. The quantitative estimate of drug-likeness (QED) is 0.874. The molecule has 1 aromatic rings. The Balaban J connectivity index is 2.41. The van der Waals surface area contributed by atoms with Crippen molar-refractivity contribution in [3.63, 3.8) is 0 Å². The smallest absolute Gasteiger partial charge is 0.217 e. The fraction of sp³-hybridized carbons (Fsp3) is 0.333. The maximum atomic E-state index is 10.5. The lowest BCUT2D eigenvalue weighted by molar-refractivity contribution is -0.118. The van der Waals surface area contributed by atoms with Crippen LogP contribution in [0.3, 0.4) is 0 Å². The Morgan fingerprint density at radius 1 is 1.54 bits per heavy atom. The molecule has 0 unspecified atom stereocenters. The van der Waals surface area contributed by atoms with Gasteiger partial charge < -0.3 is 5.73 Å². The van der Waals surface area contributed by atoms with E-state index in [0.717, 1.165) is 22.9 Å². The molecule has 70 valence electrons. The van der Waals surface area contributed by atoms with Crippen LogP contribution in [0.5, 0.6) is 0 Å². The fourth-order valence-electron chi connectivity index (χ4n) is 1.06. The summed E-state index contributed by atoms with van der Waals surface area (Å²) in [7, 11) is 0. The summed E-state index contributed by atoms with van der Waals surface area (Å²) in [4.78, 5) is 14.5. The molecule has 1 amide bonds. The van der Waals surface area contributed by atoms with E-state index in [-0.39, 0.29) is 5.91 Å². The van der Waals surface area contributed by atoms with E-state index in [9.17, 15) is 4.79 Å². The third kappa shape index (κ3) is 4.03. The van der Waals surface area contributed by atoms with Crippen LogP contribution >= 0.6 is 15.9 Å². The predicted molar refractivity (Wildman–Crippen MR) is 54.1 cm³/mol. The number of amides is 1. The van der Waals surface area contributed by atoms with Crippen LogP contribution < -0.4 is 5.73 Å². The Labute approximate surface area is 85.5 Å². The van der Waals surface area contributed by atoms with E-state index >= 15 is 0 Å². The zero-order chi connectivity index (χ0) is 9.68. The summed E-state index contributed by atoms with van der Waals surface area (Å²) in [6.45, 7) is 0. The third-order valence-corrected chi connectivity index (χ3v) is 2.08. The van der Waals surface area contributed by atoms with Crippen LogP contribution in [-0.4, -0.2) is 10.9 Å². The highest BCUT2D eigenvalue weighted by Crippen LogP contribution is 2.11. The molecule has 1 heterocycles. The summed E-state index contributed by atoms with van der Waals surface area (Å²) in [6.07, 6.45) is 5.60. The molecule has 0 bridgehead atoms. The van der Waals surface area contributed by atoms with E-state index in [1.165, 1.54) is 0 Å². The summed E-state index contributed by atoms with van der Waals surface area (Å²) in [5, 5.41) is 0. The molecular formula is C9H11BrN2O. The van der Waals surface area contributed by atoms with Crippen LogP contribution in [-0.2, 0) is 11.2 Å². The largest absolute Gasteiger partial charge is 0.370 e. The lowest BCUT2D eigenvalue weighted by atomic mass is 10.1. The summed E-state index contributed by atoms with van der Waals surface area (Å²) < 4.78 is 0.962.